The minimum Gasteiger partial charge on any atom is -0.481 e. The number of carbonyl (C=O) groups excluding carboxylic acids is 1. The lowest BCUT2D eigenvalue weighted by atomic mass is 9.92. The zero-order valence-electron chi connectivity index (χ0n) is 13.0. The first-order valence-electron chi connectivity index (χ1n) is 7.30. The van der Waals surface area contributed by atoms with Crippen LogP contribution < -0.4 is 10.1 Å². The third-order valence-corrected chi connectivity index (χ3v) is 3.89. The van der Waals surface area contributed by atoms with E-state index in [1.807, 2.05) is 13.1 Å². The molecule has 0 spiro atoms. The quantitative estimate of drug-likeness (QED) is 0.925. The smallest absolute Gasteiger partial charge is 0.272 e. The Morgan fingerprint density at radius 2 is 2.32 bits per heavy atom. The highest BCUT2D eigenvalue weighted by Gasteiger charge is 2.25. The van der Waals surface area contributed by atoms with Crippen LogP contribution in [-0.2, 0) is 13.5 Å². The molecule has 0 aromatic carbocycles. The number of hydrogen-bond acceptors (Lipinski definition) is 5. The maximum absolute atomic E-state index is 12.4. The van der Waals surface area contributed by atoms with E-state index in [0.29, 0.717) is 11.6 Å². The van der Waals surface area contributed by atoms with E-state index in [9.17, 15) is 4.79 Å². The molecule has 2 heterocycles. The van der Waals surface area contributed by atoms with Gasteiger partial charge in [-0.2, -0.15) is 5.10 Å². The average Bonchev–Trinajstić information content (AvgIpc) is 2.88. The molecule has 2 aromatic rings. The van der Waals surface area contributed by atoms with Crippen LogP contribution in [0.15, 0.2) is 12.3 Å². The summed E-state index contributed by atoms with van der Waals surface area (Å²) in [6, 6.07) is 1.56. The molecule has 1 atom stereocenters. The van der Waals surface area contributed by atoms with Crippen LogP contribution in [0.2, 0.25) is 0 Å². The Labute approximate surface area is 128 Å². The van der Waals surface area contributed by atoms with Gasteiger partial charge in [0.1, 0.15) is 5.82 Å². The second kappa shape index (κ2) is 5.75. The minimum absolute atomic E-state index is 0.0650. The van der Waals surface area contributed by atoms with Crippen LogP contribution in [0, 0.1) is 6.92 Å². The molecule has 0 aliphatic heterocycles. The monoisotopic (exact) mass is 301 g/mol. The largest absolute Gasteiger partial charge is 0.481 e. The van der Waals surface area contributed by atoms with Crippen molar-refractivity contribution in [2.75, 3.05) is 7.11 Å². The van der Waals surface area contributed by atoms with Gasteiger partial charge in [0.25, 0.3) is 5.91 Å². The van der Waals surface area contributed by atoms with Crippen LogP contribution in [0.1, 0.15) is 46.5 Å². The van der Waals surface area contributed by atoms with E-state index in [1.165, 1.54) is 4.68 Å². The average molecular weight is 301 g/mol. The number of carbonyl (C=O) groups is 1. The molecule has 1 aliphatic carbocycles. The highest BCUT2D eigenvalue weighted by molar-refractivity contribution is 5.92. The molecule has 0 saturated carbocycles. The predicted molar refractivity (Wildman–Crippen MR) is 79.7 cm³/mol. The van der Waals surface area contributed by atoms with E-state index in [2.05, 4.69) is 20.4 Å². The molecule has 0 fully saturated rings. The maximum Gasteiger partial charge on any atom is 0.272 e. The van der Waals surface area contributed by atoms with Crippen molar-refractivity contribution in [1.29, 1.82) is 0 Å². The zero-order chi connectivity index (χ0) is 15.7. The molecule has 1 amide bonds. The molecule has 7 nitrogen and oxygen atoms in total. The Bertz CT molecular complexity index is 710. The Kier molecular flexibility index (Phi) is 3.79. The first-order valence-corrected chi connectivity index (χ1v) is 7.30. The summed E-state index contributed by atoms with van der Waals surface area (Å²) in [5.74, 6) is 1.10. The molecular formula is C15H19N5O2. The van der Waals surface area contributed by atoms with Crippen LogP contribution in [0.5, 0.6) is 5.88 Å². The lowest BCUT2D eigenvalue weighted by molar-refractivity contribution is 0.0926. The Morgan fingerprint density at radius 1 is 1.50 bits per heavy atom. The van der Waals surface area contributed by atoms with E-state index in [-0.39, 0.29) is 11.9 Å². The number of ether oxygens (including phenoxy) is 1. The number of methoxy groups -OCH3 is 1. The molecule has 1 aliphatic rings. The van der Waals surface area contributed by atoms with Crippen LogP contribution in [0.25, 0.3) is 0 Å². The molecule has 0 bridgehead atoms. The molecular weight excluding hydrogens is 282 g/mol. The maximum atomic E-state index is 12.4. The summed E-state index contributed by atoms with van der Waals surface area (Å²) in [5, 5.41) is 7.19. The molecule has 0 saturated heterocycles. The summed E-state index contributed by atoms with van der Waals surface area (Å²) < 4.78 is 6.67. The number of hydrogen-bond donors (Lipinski definition) is 1. The van der Waals surface area contributed by atoms with Crippen molar-refractivity contribution in [1.82, 2.24) is 25.1 Å². The van der Waals surface area contributed by atoms with E-state index in [1.54, 1.807) is 20.2 Å². The highest BCUT2D eigenvalue weighted by atomic mass is 16.5. The normalized spacial score (nSPS) is 17.0. The molecule has 1 N–H and O–H groups in total. The minimum atomic E-state index is -0.211. The van der Waals surface area contributed by atoms with Gasteiger partial charge in [0.05, 0.1) is 13.2 Å². The lowest BCUT2D eigenvalue weighted by Crippen LogP contribution is -2.32. The Hall–Kier alpha value is -2.44. The van der Waals surface area contributed by atoms with E-state index in [0.717, 1.165) is 36.3 Å². The van der Waals surface area contributed by atoms with Crippen molar-refractivity contribution >= 4 is 5.91 Å². The Balaban J connectivity index is 1.80. The summed E-state index contributed by atoms with van der Waals surface area (Å²) in [6.07, 6.45) is 4.64. The van der Waals surface area contributed by atoms with Crippen molar-refractivity contribution in [2.45, 2.75) is 32.2 Å². The van der Waals surface area contributed by atoms with Gasteiger partial charge in [-0.15, -0.1) is 0 Å². The molecule has 3 rings (SSSR count). The number of rotatable bonds is 3. The highest BCUT2D eigenvalue weighted by Crippen LogP contribution is 2.28. The van der Waals surface area contributed by atoms with E-state index < -0.39 is 0 Å². The number of nitrogens with one attached hydrogen (secondary N) is 1. The van der Waals surface area contributed by atoms with Crippen LogP contribution >= 0.6 is 0 Å². The first kappa shape index (κ1) is 14.5. The standard InChI is InChI=1S/C15H19N5O2/c1-9-16-8-10-11(17-9)5-4-6-12(10)18-15(21)13-7-14(22-3)20(2)19-13/h7-8,12H,4-6H2,1-3H3,(H,18,21)/t12-/m0/s1. The number of aromatic nitrogens is 4. The molecule has 0 radical (unpaired) electrons. The zero-order valence-corrected chi connectivity index (χ0v) is 13.0. The van der Waals surface area contributed by atoms with Gasteiger partial charge in [-0.3, -0.25) is 4.79 Å². The molecule has 7 heteroatoms. The van der Waals surface area contributed by atoms with Gasteiger partial charge in [0.15, 0.2) is 5.69 Å². The molecule has 2 aromatic heterocycles. The summed E-state index contributed by atoms with van der Waals surface area (Å²) in [6.45, 7) is 1.88. The van der Waals surface area contributed by atoms with Crippen LogP contribution in [0.4, 0.5) is 0 Å². The van der Waals surface area contributed by atoms with Gasteiger partial charge >= 0.3 is 0 Å². The number of aryl methyl sites for hydroxylation is 3. The Morgan fingerprint density at radius 3 is 3.05 bits per heavy atom. The van der Waals surface area contributed by atoms with Gasteiger partial charge in [-0.25, -0.2) is 14.6 Å². The fourth-order valence-corrected chi connectivity index (χ4v) is 2.78. The van der Waals surface area contributed by atoms with Gasteiger partial charge in [-0.1, -0.05) is 0 Å². The fraction of sp³-hybridized carbons (Fsp3) is 0.467. The first-order chi connectivity index (χ1) is 10.6. The van der Waals surface area contributed by atoms with Crippen LogP contribution in [0.3, 0.4) is 0 Å². The molecule has 0 unspecified atom stereocenters. The molecule has 22 heavy (non-hydrogen) atoms. The van der Waals surface area contributed by atoms with Gasteiger partial charge < -0.3 is 10.1 Å². The number of fused-ring (bicyclic) bond motifs is 1. The molecule has 116 valence electrons. The summed E-state index contributed by atoms with van der Waals surface area (Å²) in [5.41, 5.74) is 2.38. The predicted octanol–water partition coefficient (Wildman–Crippen LogP) is 1.33. The van der Waals surface area contributed by atoms with E-state index >= 15 is 0 Å². The van der Waals surface area contributed by atoms with Gasteiger partial charge in [-0.05, 0) is 26.2 Å². The van der Waals surface area contributed by atoms with Crippen molar-refractivity contribution in [3.63, 3.8) is 0 Å². The van der Waals surface area contributed by atoms with Gasteiger partial charge in [0, 0.05) is 30.6 Å². The summed E-state index contributed by atoms with van der Waals surface area (Å²) in [7, 11) is 3.29. The number of nitrogens with zero attached hydrogens (tertiary/aromatic N) is 4. The summed E-state index contributed by atoms with van der Waals surface area (Å²) in [4.78, 5) is 21.1. The fourth-order valence-electron chi connectivity index (χ4n) is 2.78. The van der Waals surface area contributed by atoms with Crippen molar-refractivity contribution in [3.05, 3.63) is 35.0 Å². The number of amides is 1. The SMILES string of the molecule is COc1cc(C(=O)N[C@H]2CCCc3nc(C)ncc32)nn1C. The van der Waals surface area contributed by atoms with Crippen LogP contribution in [-0.4, -0.2) is 32.8 Å². The summed E-state index contributed by atoms with van der Waals surface area (Å²) >= 11 is 0. The van der Waals surface area contributed by atoms with Crippen molar-refractivity contribution in [3.8, 4) is 5.88 Å². The third-order valence-electron chi connectivity index (χ3n) is 3.89. The second-order valence-electron chi connectivity index (χ2n) is 5.43. The van der Waals surface area contributed by atoms with Gasteiger partial charge in [0.2, 0.25) is 5.88 Å². The lowest BCUT2D eigenvalue weighted by Gasteiger charge is -2.25. The van der Waals surface area contributed by atoms with Crippen molar-refractivity contribution in [2.24, 2.45) is 7.05 Å². The topological polar surface area (TPSA) is 81.9 Å². The second-order valence-corrected chi connectivity index (χ2v) is 5.43. The third kappa shape index (κ3) is 2.66. The van der Waals surface area contributed by atoms with E-state index in [4.69, 9.17) is 4.74 Å². The van der Waals surface area contributed by atoms with Crippen molar-refractivity contribution < 1.29 is 9.53 Å².